The van der Waals surface area contributed by atoms with Crippen LogP contribution >= 0.6 is 11.6 Å². The second kappa shape index (κ2) is 8.94. The Bertz CT molecular complexity index is 679. The minimum absolute atomic E-state index is 0.0671. The fourth-order valence-electron chi connectivity index (χ4n) is 3.30. The molecule has 1 aliphatic rings. The molecule has 6 nitrogen and oxygen atoms in total. The van der Waals surface area contributed by atoms with E-state index >= 15 is 0 Å². The highest BCUT2D eigenvalue weighted by Gasteiger charge is 2.34. The van der Waals surface area contributed by atoms with Gasteiger partial charge in [-0.15, -0.1) is 0 Å². The van der Waals surface area contributed by atoms with Crippen LogP contribution in [0.15, 0.2) is 18.6 Å². The average Bonchev–Trinajstić information content (AvgIpc) is 3.24. The van der Waals surface area contributed by atoms with Gasteiger partial charge in [-0.05, 0) is 19.4 Å². The predicted molar refractivity (Wildman–Crippen MR) is 96.6 cm³/mol. The summed E-state index contributed by atoms with van der Waals surface area (Å²) in [4.78, 5) is 8.57. The third-order valence-electron chi connectivity index (χ3n) is 4.57. The maximum atomic E-state index is 6.18. The number of unbranched alkanes of at least 4 members (excludes halogenated alkanes) is 3. The lowest BCUT2D eigenvalue weighted by Crippen LogP contribution is -2.27. The summed E-state index contributed by atoms with van der Waals surface area (Å²) in [5.41, 5.74) is 1.70. The van der Waals surface area contributed by atoms with Gasteiger partial charge < -0.3 is 18.8 Å². The SMILES string of the molecule is CCCCCC[C@H]([C@@H]1COC(OCC)O1)n1cnc2c(Cl)nccc21. The zero-order chi connectivity index (χ0) is 17.6. The number of rotatable bonds is 9. The van der Waals surface area contributed by atoms with Crippen molar-refractivity contribution in [1.29, 1.82) is 0 Å². The van der Waals surface area contributed by atoms with Crippen LogP contribution in [0.25, 0.3) is 11.0 Å². The number of ether oxygens (including phenoxy) is 3. The molecule has 0 saturated carbocycles. The van der Waals surface area contributed by atoms with Gasteiger partial charge in [-0.1, -0.05) is 44.2 Å². The van der Waals surface area contributed by atoms with E-state index in [-0.39, 0.29) is 12.1 Å². The van der Waals surface area contributed by atoms with Crippen LogP contribution in [0.2, 0.25) is 5.15 Å². The molecule has 2 aromatic rings. The van der Waals surface area contributed by atoms with Crippen molar-refractivity contribution in [3.05, 3.63) is 23.7 Å². The number of hydrogen-bond acceptors (Lipinski definition) is 5. The zero-order valence-electron chi connectivity index (χ0n) is 14.9. The Morgan fingerprint density at radius 3 is 3.00 bits per heavy atom. The van der Waals surface area contributed by atoms with E-state index in [4.69, 9.17) is 25.8 Å². The van der Waals surface area contributed by atoms with Gasteiger partial charge in [0, 0.05) is 12.8 Å². The molecule has 3 rings (SSSR count). The molecular formula is C18H26ClN3O3. The summed E-state index contributed by atoms with van der Waals surface area (Å²) < 4.78 is 19.2. The topological polar surface area (TPSA) is 58.4 Å². The minimum Gasteiger partial charge on any atom is -0.330 e. The first-order valence-corrected chi connectivity index (χ1v) is 9.48. The van der Waals surface area contributed by atoms with Crippen molar-refractivity contribution in [2.45, 2.75) is 64.6 Å². The summed E-state index contributed by atoms with van der Waals surface area (Å²) in [5.74, 6) is 0. The molecule has 3 heterocycles. The van der Waals surface area contributed by atoms with E-state index in [1.807, 2.05) is 19.3 Å². The molecule has 1 saturated heterocycles. The molecule has 25 heavy (non-hydrogen) atoms. The zero-order valence-corrected chi connectivity index (χ0v) is 15.6. The van der Waals surface area contributed by atoms with Crippen LogP contribution in [0, 0.1) is 0 Å². The predicted octanol–water partition coefficient (Wildman–Crippen LogP) is 4.33. The number of pyridine rings is 1. The summed E-state index contributed by atoms with van der Waals surface area (Å²) in [6.07, 6.45) is 9.29. The van der Waals surface area contributed by atoms with Gasteiger partial charge in [0.25, 0.3) is 6.48 Å². The molecule has 0 radical (unpaired) electrons. The lowest BCUT2D eigenvalue weighted by atomic mass is 10.0. The highest BCUT2D eigenvalue weighted by atomic mass is 35.5. The molecular weight excluding hydrogens is 342 g/mol. The van der Waals surface area contributed by atoms with E-state index in [9.17, 15) is 0 Å². The van der Waals surface area contributed by atoms with Crippen LogP contribution in [0.3, 0.4) is 0 Å². The summed E-state index contributed by atoms with van der Waals surface area (Å²) >= 11 is 6.18. The average molecular weight is 368 g/mol. The van der Waals surface area contributed by atoms with E-state index in [2.05, 4.69) is 21.5 Å². The minimum atomic E-state index is -0.576. The highest BCUT2D eigenvalue weighted by Crippen LogP contribution is 2.32. The van der Waals surface area contributed by atoms with E-state index in [1.165, 1.54) is 19.3 Å². The van der Waals surface area contributed by atoms with Crippen LogP contribution < -0.4 is 0 Å². The van der Waals surface area contributed by atoms with Gasteiger partial charge in [-0.25, -0.2) is 9.97 Å². The molecule has 0 aromatic carbocycles. The summed E-state index contributed by atoms with van der Waals surface area (Å²) in [5, 5.41) is 0.428. The second-order valence-electron chi connectivity index (χ2n) is 6.29. The van der Waals surface area contributed by atoms with Crippen molar-refractivity contribution in [3.8, 4) is 0 Å². The molecule has 0 aliphatic carbocycles. The Hall–Kier alpha value is -1.21. The number of fused-ring (bicyclic) bond motifs is 1. The molecule has 138 valence electrons. The summed E-state index contributed by atoms with van der Waals surface area (Å²) in [6, 6.07) is 2.08. The number of hydrogen-bond donors (Lipinski definition) is 0. The molecule has 0 bridgehead atoms. The lowest BCUT2D eigenvalue weighted by Gasteiger charge is -2.24. The van der Waals surface area contributed by atoms with E-state index in [0.29, 0.717) is 18.4 Å². The number of nitrogens with zero attached hydrogens (tertiary/aromatic N) is 3. The molecule has 1 aliphatic heterocycles. The van der Waals surface area contributed by atoms with Crippen molar-refractivity contribution < 1.29 is 14.2 Å². The molecule has 2 aromatic heterocycles. The molecule has 3 atom stereocenters. The Morgan fingerprint density at radius 2 is 2.20 bits per heavy atom. The first kappa shape index (κ1) is 18.6. The normalized spacial score (nSPS) is 21.9. The van der Waals surface area contributed by atoms with Gasteiger partial charge >= 0.3 is 0 Å². The van der Waals surface area contributed by atoms with E-state index < -0.39 is 6.48 Å². The maximum absolute atomic E-state index is 6.18. The monoisotopic (exact) mass is 367 g/mol. The van der Waals surface area contributed by atoms with Gasteiger partial charge in [0.05, 0.1) is 24.5 Å². The third-order valence-corrected chi connectivity index (χ3v) is 4.85. The van der Waals surface area contributed by atoms with Crippen LogP contribution in [-0.2, 0) is 14.2 Å². The highest BCUT2D eigenvalue weighted by molar-refractivity contribution is 6.33. The Balaban J connectivity index is 1.81. The maximum Gasteiger partial charge on any atom is 0.272 e. The van der Waals surface area contributed by atoms with Crippen LogP contribution in [-0.4, -0.2) is 40.3 Å². The molecule has 1 fully saturated rings. The van der Waals surface area contributed by atoms with Gasteiger partial charge in [0.15, 0.2) is 5.15 Å². The van der Waals surface area contributed by atoms with E-state index in [0.717, 1.165) is 23.9 Å². The number of halogens is 1. The van der Waals surface area contributed by atoms with Gasteiger partial charge in [-0.3, -0.25) is 0 Å². The second-order valence-corrected chi connectivity index (χ2v) is 6.65. The molecule has 7 heteroatoms. The summed E-state index contributed by atoms with van der Waals surface area (Å²) in [7, 11) is 0. The lowest BCUT2D eigenvalue weighted by molar-refractivity contribution is -0.237. The smallest absolute Gasteiger partial charge is 0.272 e. The third kappa shape index (κ3) is 4.31. The molecule has 0 spiro atoms. The fourth-order valence-corrected chi connectivity index (χ4v) is 3.50. The van der Waals surface area contributed by atoms with Gasteiger partial charge in [0.2, 0.25) is 0 Å². The fraction of sp³-hybridized carbons (Fsp3) is 0.667. The van der Waals surface area contributed by atoms with Crippen LogP contribution in [0.1, 0.15) is 52.0 Å². The quantitative estimate of drug-likeness (QED) is 0.487. The van der Waals surface area contributed by atoms with Gasteiger partial charge in [0.1, 0.15) is 11.6 Å². The Morgan fingerprint density at radius 1 is 1.32 bits per heavy atom. The Kier molecular flexibility index (Phi) is 6.64. The molecule has 0 amide bonds. The largest absolute Gasteiger partial charge is 0.330 e. The standard InChI is InChI=1S/C18H26ClN3O3/c1-3-5-6-7-8-13(15-11-24-18(25-15)23-4-2)22-12-21-16-14(22)9-10-20-17(16)19/h9-10,12-13,15,18H,3-8,11H2,1-2H3/t13-,15+,18?/m1/s1. The number of imidazole rings is 1. The van der Waals surface area contributed by atoms with Crippen molar-refractivity contribution in [1.82, 2.24) is 14.5 Å². The number of aromatic nitrogens is 3. The van der Waals surface area contributed by atoms with E-state index in [1.54, 1.807) is 6.20 Å². The van der Waals surface area contributed by atoms with Crippen LogP contribution in [0.5, 0.6) is 0 Å². The molecule has 0 N–H and O–H groups in total. The van der Waals surface area contributed by atoms with Crippen molar-refractivity contribution in [3.63, 3.8) is 0 Å². The first-order valence-electron chi connectivity index (χ1n) is 9.10. The summed E-state index contributed by atoms with van der Waals surface area (Å²) in [6.45, 7) is 4.65. The Labute approximate surface area is 153 Å². The molecule has 1 unspecified atom stereocenters. The first-order chi connectivity index (χ1) is 12.2. The van der Waals surface area contributed by atoms with Gasteiger partial charge in [-0.2, -0.15) is 0 Å². The van der Waals surface area contributed by atoms with Crippen molar-refractivity contribution >= 4 is 22.6 Å². The van der Waals surface area contributed by atoms with Crippen molar-refractivity contribution in [2.24, 2.45) is 0 Å². The van der Waals surface area contributed by atoms with Crippen LogP contribution in [0.4, 0.5) is 0 Å². The van der Waals surface area contributed by atoms with Crippen molar-refractivity contribution in [2.75, 3.05) is 13.2 Å².